The highest BCUT2D eigenvalue weighted by molar-refractivity contribution is 7.15. The van der Waals surface area contributed by atoms with Gasteiger partial charge >= 0.3 is 5.97 Å². The van der Waals surface area contributed by atoms with Gasteiger partial charge in [-0.25, -0.2) is 9.78 Å². The van der Waals surface area contributed by atoms with E-state index in [1.165, 1.54) is 0 Å². The molecule has 2 aromatic rings. The van der Waals surface area contributed by atoms with Gasteiger partial charge in [-0.15, -0.1) is 11.3 Å². The van der Waals surface area contributed by atoms with Crippen LogP contribution in [0, 0.1) is 12.8 Å². The average Bonchev–Trinajstić information content (AvgIpc) is 3.26. The standard InChI is InChI=1S/C18H20N2O4S/c1-11-8-19-17(25-11)14-6-13(18(21)22)7-15-16(14)24-5-3-20(15)9-12-2-4-23-10-12/h6-8,12H,2-5,9-10H2,1H3,(H,21,22). The van der Waals surface area contributed by atoms with Crippen LogP contribution in [-0.2, 0) is 4.74 Å². The number of nitrogens with zero attached hydrogens (tertiary/aromatic N) is 2. The molecule has 6 nitrogen and oxygen atoms in total. The van der Waals surface area contributed by atoms with E-state index in [0.29, 0.717) is 12.5 Å². The summed E-state index contributed by atoms with van der Waals surface area (Å²) >= 11 is 1.55. The van der Waals surface area contributed by atoms with E-state index in [-0.39, 0.29) is 5.56 Å². The van der Waals surface area contributed by atoms with Gasteiger partial charge < -0.3 is 19.5 Å². The lowest BCUT2D eigenvalue weighted by Crippen LogP contribution is -2.37. The lowest BCUT2D eigenvalue weighted by molar-refractivity contribution is 0.0697. The third-order valence-corrected chi connectivity index (χ3v) is 5.56. The van der Waals surface area contributed by atoms with Crippen LogP contribution in [0.3, 0.4) is 0 Å². The Labute approximate surface area is 150 Å². The molecule has 1 N–H and O–H groups in total. The summed E-state index contributed by atoms with van der Waals surface area (Å²) in [5.41, 5.74) is 1.88. The van der Waals surface area contributed by atoms with Crippen LogP contribution in [0.5, 0.6) is 5.75 Å². The minimum absolute atomic E-state index is 0.264. The number of rotatable bonds is 4. The molecular weight excluding hydrogens is 340 g/mol. The number of aromatic carboxylic acids is 1. The molecule has 0 saturated carbocycles. The minimum Gasteiger partial charge on any atom is -0.489 e. The maximum Gasteiger partial charge on any atom is 0.335 e. The third-order valence-electron chi connectivity index (χ3n) is 4.62. The number of anilines is 1. The summed E-state index contributed by atoms with van der Waals surface area (Å²) in [4.78, 5) is 19.4. The molecule has 7 heteroatoms. The fraction of sp³-hybridized carbons (Fsp3) is 0.444. The number of carbonyl (C=O) groups is 1. The number of hydrogen-bond donors (Lipinski definition) is 1. The molecule has 0 bridgehead atoms. The summed E-state index contributed by atoms with van der Waals surface area (Å²) < 4.78 is 11.4. The summed E-state index contributed by atoms with van der Waals surface area (Å²) in [6.45, 7) is 5.76. The molecule has 0 radical (unpaired) electrons. The minimum atomic E-state index is -0.938. The SMILES string of the molecule is Cc1cnc(-c2cc(C(=O)O)cc3c2OCCN3CC2CCOC2)s1. The summed E-state index contributed by atoms with van der Waals surface area (Å²) in [5.74, 6) is 0.279. The van der Waals surface area contributed by atoms with E-state index in [0.717, 1.165) is 59.6 Å². The van der Waals surface area contributed by atoms with Crippen molar-refractivity contribution in [2.24, 2.45) is 5.92 Å². The molecule has 3 heterocycles. The number of benzene rings is 1. The van der Waals surface area contributed by atoms with Gasteiger partial charge in [-0.3, -0.25) is 0 Å². The molecule has 2 aliphatic rings. The second kappa shape index (κ2) is 6.65. The molecule has 0 spiro atoms. The van der Waals surface area contributed by atoms with Gasteiger partial charge in [0, 0.05) is 30.1 Å². The topological polar surface area (TPSA) is 71.9 Å². The van der Waals surface area contributed by atoms with Crippen LogP contribution in [0.2, 0.25) is 0 Å². The van der Waals surface area contributed by atoms with Crippen molar-refractivity contribution in [3.05, 3.63) is 28.8 Å². The number of carboxylic acid groups (broad SMARTS) is 1. The molecule has 1 fully saturated rings. The first kappa shape index (κ1) is 16.4. The van der Waals surface area contributed by atoms with Crippen molar-refractivity contribution < 1.29 is 19.4 Å². The van der Waals surface area contributed by atoms with Crippen molar-refractivity contribution in [1.82, 2.24) is 4.98 Å². The lowest BCUT2D eigenvalue weighted by Gasteiger charge is -2.34. The molecule has 1 atom stereocenters. The number of carboxylic acids is 1. The van der Waals surface area contributed by atoms with Crippen LogP contribution < -0.4 is 9.64 Å². The zero-order valence-corrected chi connectivity index (χ0v) is 14.8. The second-order valence-electron chi connectivity index (χ2n) is 6.48. The normalized spacial score (nSPS) is 19.6. The Morgan fingerprint density at radius 2 is 2.32 bits per heavy atom. The summed E-state index contributed by atoms with van der Waals surface area (Å²) in [5, 5.41) is 10.3. The first-order valence-corrected chi connectivity index (χ1v) is 9.23. The first-order chi connectivity index (χ1) is 12.1. The van der Waals surface area contributed by atoms with E-state index in [4.69, 9.17) is 9.47 Å². The monoisotopic (exact) mass is 360 g/mol. The van der Waals surface area contributed by atoms with Gasteiger partial charge in [-0.2, -0.15) is 0 Å². The Balaban J connectivity index is 1.78. The van der Waals surface area contributed by atoms with Gasteiger partial charge in [0.05, 0.1) is 30.0 Å². The van der Waals surface area contributed by atoms with Crippen LogP contribution in [-0.4, -0.2) is 49.0 Å². The van der Waals surface area contributed by atoms with Crippen molar-refractivity contribution in [1.29, 1.82) is 0 Å². The van der Waals surface area contributed by atoms with Gasteiger partial charge in [0.2, 0.25) is 0 Å². The predicted octanol–water partition coefficient (Wildman–Crippen LogP) is 3.05. The van der Waals surface area contributed by atoms with Crippen LogP contribution in [0.15, 0.2) is 18.3 Å². The van der Waals surface area contributed by atoms with Crippen molar-refractivity contribution >= 4 is 23.0 Å². The molecule has 2 aliphatic heterocycles. The zero-order valence-electron chi connectivity index (χ0n) is 14.0. The number of ether oxygens (including phenoxy) is 2. The van der Waals surface area contributed by atoms with Crippen LogP contribution >= 0.6 is 11.3 Å². The molecule has 1 saturated heterocycles. The molecule has 0 aliphatic carbocycles. The summed E-state index contributed by atoms with van der Waals surface area (Å²) in [6, 6.07) is 3.39. The van der Waals surface area contributed by atoms with E-state index >= 15 is 0 Å². The highest BCUT2D eigenvalue weighted by Gasteiger charge is 2.28. The van der Waals surface area contributed by atoms with Crippen LogP contribution in [0.1, 0.15) is 21.7 Å². The van der Waals surface area contributed by atoms with Gasteiger partial charge in [-0.05, 0) is 25.5 Å². The van der Waals surface area contributed by atoms with Crippen molar-refractivity contribution in [2.45, 2.75) is 13.3 Å². The summed E-state index contributed by atoms with van der Waals surface area (Å²) in [6.07, 6.45) is 2.85. The van der Waals surface area contributed by atoms with Gasteiger partial charge in [0.15, 0.2) is 5.75 Å². The van der Waals surface area contributed by atoms with Crippen LogP contribution in [0.25, 0.3) is 10.6 Å². The zero-order chi connectivity index (χ0) is 17.4. The molecule has 1 aromatic heterocycles. The number of aromatic nitrogens is 1. The summed E-state index contributed by atoms with van der Waals surface area (Å²) in [7, 11) is 0. The van der Waals surface area contributed by atoms with Crippen molar-refractivity contribution in [3.63, 3.8) is 0 Å². The van der Waals surface area contributed by atoms with E-state index in [9.17, 15) is 9.90 Å². The fourth-order valence-electron chi connectivity index (χ4n) is 3.37. The maximum atomic E-state index is 11.6. The highest BCUT2D eigenvalue weighted by Crippen LogP contribution is 2.43. The highest BCUT2D eigenvalue weighted by atomic mass is 32.1. The predicted molar refractivity (Wildman–Crippen MR) is 95.9 cm³/mol. The van der Waals surface area contributed by atoms with E-state index in [1.807, 2.05) is 6.92 Å². The van der Waals surface area contributed by atoms with Crippen molar-refractivity contribution in [2.75, 3.05) is 37.8 Å². The Hall–Kier alpha value is -2.12. The molecule has 132 valence electrons. The molecule has 0 amide bonds. The van der Waals surface area contributed by atoms with Gasteiger partial charge in [0.25, 0.3) is 0 Å². The number of aryl methyl sites for hydroxylation is 1. The smallest absolute Gasteiger partial charge is 0.335 e. The lowest BCUT2D eigenvalue weighted by atomic mass is 10.0. The molecule has 25 heavy (non-hydrogen) atoms. The van der Waals surface area contributed by atoms with E-state index < -0.39 is 5.97 Å². The quantitative estimate of drug-likeness (QED) is 0.904. The van der Waals surface area contributed by atoms with Crippen molar-refractivity contribution in [3.8, 4) is 16.3 Å². The Morgan fingerprint density at radius 3 is 3.00 bits per heavy atom. The molecule has 1 aromatic carbocycles. The second-order valence-corrected chi connectivity index (χ2v) is 7.71. The Kier molecular flexibility index (Phi) is 4.35. The number of fused-ring (bicyclic) bond motifs is 1. The number of thiazole rings is 1. The molecule has 1 unspecified atom stereocenters. The Bertz CT molecular complexity index is 798. The fourth-order valence-corrected chi connectivity index (χ4v) is 4.15. The molecule has 4 rings (SSSR count). The maximum absolute atomic E-state index is 11.6. The van der Waals surface area contributed by atoms with E-state index in [2.05, 4.69) is 9.88 Å². The number of hydrogen-bond acceptors (Lipinski definition) is 6. The molecular formula is C18H20N2O4S. The van der Waals surface area contributed by atoms with Crippen LogP contribution in [0.4, 0.5) is 5.69 Å². The first-order valence-electron chi connectivity index (χ1n) is 8.41. The van der Waals surface area contributed by atoms with E-state index in [1.54, 1.807) is 29.7 Å². The third kappa shape index (κ3) is 3.21. The van der Waals surface area contributed by atoms with Gasteiger partial charge in [0.1, 0.15) is 11.6 Å². The van der Waals surface area contributed by atoms with Gasteiger partial charge in [-0.1, -0.05) is 0 Å². The largest absolute Gasteiger partial charge is 0.489 e. The average molecular weight is 360 g/mol. The Morgan fingerprint density at radius 1 is 1.44 bits per heavy atom.